The second-order valence-electron chi connectivity index (χ2n) is 3.53. The Hall–Kier alpha value is -1.00. The third kappa shape index (κ3) is 4.51. The van der Waals surface area contributed by atoms with E-state index in [0.717, 1.165) is 0 Å². The van der Waals surface area contributed by atoms with Gasteiger partial charge in [0, 0.05) is 7.11 Å². The second kappa shape index (κ2) is 5.82. The van der Waals surface area contributed by atoms with Gasteiger partial charge >= 0.3 is 36.7 Å². The van der Waals surface area contributed by atoms with Gasteiger partial charge in [0.2, 0.25) is 0 Å². The van der Waals surface area contributed by atoms with Crippen molar-refractivity contribution in [1.29, 1.82) is 0 Å². The van der Waals surface area contributed by atoms with E-state index in [1.807, 2.05) is 0 Å². The molecule has 0 atom stereocenters. The second-order valence-corrected chi connectivity index (χ2v) is 3.53. The maximum atomic E-state index is 12.7. The van der Waals surface area contributed by atoms with Crippen LogP contribution in [0.5, 0.6) is 0 Å². The van der Waals surface area contributed by atoms with Crippen molar-refractivity contribution in [2.24, 2.45) is 0 Å². The Morgan fingerprint density at radius 3 is 1.04 bits per heavy atom. The van der Waals surface area contributed by atoms with E-state index in [-0.39, 0.29) is 7.11 Å². The van der Waals surface area contributed by atoms with Crippen molar-refractivity contribution in [2.45, 2.75) is 36.7 Å². The van der Waals surface area contributed by atoms with Gasteiger partial charge in [0.15, 0.2) is 0 Å². The van der Waals surface area contributed by atoms with E-state index in [1.54, 1.807) is 9.47 Å². The zero-order chi connectivity index (χ0) is 19.1. The Labute approximate surface area is 117 Å². The van der Waals surface area contributed by atoms with Gasteiger partial charge in [-0.2, -0.15) is 52.7 Å². The van der Waals surface area contributed by atoms with Gasteiger partial charge in [-0.3, -0.25) is 0 Å². The Kier molecular flexibility index (Phi) is 5.56. The number of alkyl halides is 12. The molecule has 140 valence electrons. The zero-order valence-electron chi connectivity index (χ0n) is 10.2. The summed E-state index contributed by atoms with van der Waals surface area (Å²) in [6, 6.07) is 0. The number of halogens is 12. The SMILES string of the molecule is COC(F)(F)C(F)(F)OC(F)(F)C(F)(F)OC(F)(F)C(O)(F)F. The van der Waals surface area contributed by atoms with E-state index in [2.05, 4.69) is 4.74 Å². The fraction of sp³-hybridized carbons (Fsp3) is 1.00. The van der Waals surface area contributed by atoms with Crippen molar-refractivity contribution >= 4 is 0 Å². The van der Waals surface area contributed by atoms with Crippen LogP contribution in [-0.4, -0.2) is 48.9 Å². The highest BCUT2D eigenvalue weighted by Crippen LogP contribution is 2.48. The lowest BCUT2D eigenvalue weighted by atomic mass is 10.5. The molecule has 16 heteroatoms. The van der Waals surface area contributed by atoms with Crippen LogP contribution < -0.4 is 0 Å². The molecular formula is C7H4F12O4. The first kappa shape index (κ1) is 22.0. The van der Waals surface area contributed by atoms with E-state index in [1.165, 1.54) is 0 Å². The van der Waals surface area contributed by atoms with Gasteiger partial charge in [0.05, 0.1) is 0 Å². The number of rotatable bonds is 8. The molecule has 0 spiro atoms. The van der Waals surface area contributed by atoms with Crippen LogP contribution in [0.25, 0.3) is 0 Å². The quantitative estimate of drug-likeness (QED) is 0.658. The minimum Gasteiger partial charge on any atom is -0.329 e. The highest BCUT2D eigenvalue weighted by Gasteiger charge is 2.75. The fourth-order valence-corrected chi connectivity index (χ4v) is 0.680. The molecule has 4 nitrogen and oxygen atoms in total. The van der Waals surface area contributed by atoms with Crippen molar-refractivity contribution in [3.8, 4) is 0 Å². The van der Waals surface area contributed by atoms with Gasteiger partial charge in [-0.05, 0) is 0 Å². The molecule has 0 heterocycles. The third-order valence-corrected chi connectivity index (χ3v) is 1.80. The summed E-state index contributed by atoms with van der Waals surface area (Å²) in [4.78, 5) is 0. The first-order valence-corrected chi connectivity index (χ1v) is 4.67. The normalized spacial score (nSPS) is 15.9. The Morgan fingerprint density at radius 1 is 0.522 bits per heavy atom. The van der Waals surface area contributed by atoms with Crippen LogP contribution in [0.1, 0.15) is 0 Å². The van der Waals surface area contributed by atoms with Crippen molar-refractivity contribution in [2.75, 3.05) is 7.11 Å². The molecule has 0 rings (SSSR count). The minimum absolute atomic E-state index is 0.190. The number of hydrogen-bond acceptors (Lipinski definition) is 4. The molecule has 0 unspecified atom stereocenters. The first-order chi connectivity index (χ1) is 9.72. The molecule has 0 amide bonds. The van der Waals surface area contributed by atoms with Gasteiger partial charge in [0.1, 0.15) is 0 Å². The Balaban J connectivity index is 5.49. The van der Waals surface area contributed by atoms with Crippen molar-refractivity contribution < 1.29 is 72.0 Å². The van der Waals surface area contributed by atoms with Gasteiger partial charge in [-0.15, -0.1) is 0 Å². The summed E-state index contributed by atoms with van der Waals surface area (Å²) >= 11 is 0. The lowest BCUT2D eigenvalue weighted by Gasteiger charge is -2.33. The minimum atomic E-state index is -7.00. The summed E-state index contributed by atoms with van der Waals surface area (Å²) in [7, 11) is -0.190. The third-order valence-electron chi connectivity index (χ3n) is 1.80. The molecule has 0 radical (unpaired) electrons. The Morgan fingerprint density at radius 2 is 0.783 bits per heavy atom. The van der Waals surface area contributed by atoms with Crippen LogP contribution in [0, 0.1) is 0 Å². The standard InChI is InChI=1S/C7H4F12O4/c1-21-4(12,13)5(14,15)23-7(18,19)6(16,17)22-3(10,11)2(8,9)20/h20H,1H3. The topological polar surface area (TPSA) is 47.9 Å². The average Bonchev–Trinajstić information content (AvgIpc) is 2.23. The van der Waals surface area contributed by atoms with E-state index in [9.17, 15) is 52.7 Å². The van der Waals surface area contributed by atoms with Gasteiger partial charge in [-0.1, -0.05) is 0 Å². The van der Waals surface area contributed by atoms with Gasteiger partial charge in [-0.25, -0.2) is 9.47 Å². The zero-order valence-corrected chi connectivity index (χ0v) is 10.2. The van der Waals surface area contributed by atoms with Crippen LogP contribution in [0.15, 0.2) is 0 Å². The van der Waals surface area contributed by atoms with Gasteiger partial charge in [0.25, 0.3) is 0 Å². The predicted molar refractivity (Wildman–Crippen MR) is 41.1 cm³/mol. The number of hydrogen-bond donors (Lipinski definition) is 1. The summed E-state index contributed by atoms with van der Waals surface area (Å²) in [6.07, 6.45) is -39.6. The molecule has 0 bridgehead atoms. The summed E-state index contributed by atoms with van der Waals surface area (Å²) in [5, 5.41) is 7.46. The molecule has 0 saturated carbocycles. The summed E-state index contributed by atoms with van der Waals surface area (Å²) < 4.78 is 154. The fourth-order valence-electron chi connectivity index (χ4n) is 0.680. The smallest absolute Gasteiger partial charge is 0.329 e. The summed E-state index contributed by atoms with van der Waals surface area (Å²) in [5.41, 5.74) is 0. The van der Waals surface area contributed by atoms with E-state index in [0.29, 0.717) is 0 Å². The molecule has 0 aromatic rings. The molecule has 23 heavy (non-hydrogen) atoms. The molecule has 0 aliphatic rings. The molecule has 0 fully saturated rings. The molecule has 0 aliphatic heterocycles. The number of ether oxygens (including phenoxy) is 3. The van der Waals surface area contributed by atoms with Crippen LogP contribution in [0.3, 0.4) is 0 Å². The average molecular weight is 380 g/mol. The van der Waals surface area contributed by atoms with E-state index < -0.39 is 36.7 Å². The molecule has 0 aliphatic carbocycles. The van der Waals surface area contributed by atoms with Crippen molar-refractivity contribution in [3.63, 3.8) is 0 Å². The number of aliphatic hydroxyl groups is 1. The lowest BCUT2D eigenvalue weighted by molar-refractivity contribution is -0.561. The number of methoxy groups -OCH3 is 1. The van der Waals surface area contributed by atoms with Crippen molar-refractivity contribution in [1.82, 2.24) is 0 Å². The van der Waals surface area contributed by atoms with E-state index >= 15 is 0 Å². The van der Waals surface area contributed by atoms with Gasteiger partial charge < -0.3 is 9.84 Å². The summed E-state index contributed by atoms with van der Waals surface area (Å²) in [6.45, 7) is 0. The molecule has 1 N–H and O–H groups in total. The molecule has 0 aromatic carbocycles. The molecule has 0 aromatic heterocycles. The van der Waals surface area contributed by atoms with Crippen LogP contribution >= 0.6 is 0 Å². The molecule has 0 saturated heterocycles. The monoisotopic (exact) mass is 380 g/mol. The maximum absolute atomic E-state index is 12.7. The molecular weight excluding hydrogens is 376 g/mol. The maximum Gasteiger partial charge on any atom is 0.453 e. The van der Waals surface area contributed by atoms with Crippen LogP contribution in [0.2, 0.25) is 0 Å². The van der Waals surface area contributed by atoms with Crippen LogP contribution in [-0.2, 0) is 14.2 Å². The first-order valence-electron chi connectivity index (χ1n) is 4.67. The predicted octanol–water partition coefficient (Wildman–Crippen LogP) is 3.22. The largest absolute Gasteiger partial charge is 0.453 e. The summed E-state index contributed by atoms with van der Waals surface area (Å²) in [5.74, 6) is 0. The highest BCUT2D eigenvalue weighted by atomic mass is 19.4. The Bertz CT molecular complexity index is 416. The lowest BCUT2D eigenvalue weighted by Crippen LogP contribution is -2.58. The van der Waals surface area contributed by atoms with E-state index in [4.69, 9.17) is 5.11 Å². The van der Waals surface area contributed by atoms with Crippen molar-refractivity contribution in [3.05, 3.63) is 0 Å². The highest BCUT2D eigenvalue weighted by molar-refractivity contribution is 4.77. The van der Waals surface area contributed by atoms with Crippen LogP contribution in [0.4, 0.5) is 52.7 Å².